The van der Waals surface area contributed by atoms with Gasteiger partial charge < -0.3 is 15.5 Å². The molecule has 0 saturated carbocycles. The highest BCUT2D eigenvalue weighted by molar-refractivity contribution is 5.73. The Morgan fingerprint density at radius 1 is 1.31 bits per heavy atom. The van der Waals surface area contributed by atoms with Gasteiger partial charge in [0.1, 0.15) is 0 Å². The third kappa shape index (κ3) is 4.24. The van der Waals surface area contributed by atoms with Crippen LogP contribution in [-0.2, 0) is 4.79 Å². The van der Waals surface area contributed by atoms with E-state index >= 15 is 0 Å². The Balaban J connectivity index is 2.22. The molecule has 1 fully saturated rings. The SMILES string of the molecule is CN1CCCN(CCC(N)=O)CC1. The molecule has 0 aromatic carbocycles. The molecule has 0 spiro atoms. The Hall–Kier alpha value is -0.610. The maximum atomic E-state index is 10.6. The van der Waals surface area contributed by atoms with E-state index in [1.54, 1.807) is 0 Å². The normalized spacial score (nSPS) is 21.3. The van der Waals surface area contributed by atoms with Gasteiger partial charge in [-0.25, -0.2) is 0 Å². The van der Waals surface area contributed by atoms with Gasteiger partial charge in [0.25, 0.3) is 0 Å². The molecule has 1 aliphatic heterocycles. The number of nitrogens with zero attached hydrogens (tertiary/aromatic N) is 2. The molecule has 0 aromatic heterocycles. The topological polar surface area (TPSA) is 49.6 Å². The molecule has 4 heteroatoms. The molecule has 1 heterocycles. The fraction of sp³-hybridized carbons (Fsp3) is 0.889. The fourth-order valence-electron chi connectivity index (χ4n) is 1.59. The highest BCUT2D eigenvalue weighted by Crippen LogP contribution is 2.01. The molecule has 1 saturated heterocycles. The van der Waals surface area contributed by atoms with Crippen molar-refractivity contribution in [3.63, 3.8) is 0 Å². The van der Waals surface area contributed by atoms with Gasteiger partial charge in [0.2, 0.25) is 5.91 Å². The van der Waals surface area contributed by atoms with E-state index in [0.717, 1.165) is 32.7 Å². The summed E-state index contributed by atoms with van der Waals surface area (Å²) >= 11 is 0. The summed E-state index contributed by atoms with van der Waals surface area (Å²) < 4.78 is 0. The smallest absolute Gasteiger partial charge is 0.218 e. The number of hydrogen-bond donors (Lipinski definition) is 1. The van der Waals surface area contributed by atoms with Crippen LogP contribution in [0.4, 0.5) is 0 Å². The third-order valence-electron chi connectivity index (χ3n) is 2.49. The van der Waals surface area contributed by atoms with Crippen LogP contribution in [0.3, 0.4) is 0 Å². The molecule has 2 N–H and O–H groups in total. The summed E-state index contributed by atoms with van der Waals surface area (Å²) in [6.07, 6.45) is 1.68. The van der Waals surface area contributed by atoms with Gasteiger partial charge in [-0.3, -0.25) is 4.79 Å². The van der Waals surface area contributed by atoms with Gasteiger partial charge >= 0.3 is 0 Å². The molecule has 0 aromatic rings. The van der Waals surface area contributed by atoms with E-state index in [1.165, 1.54) is 6.42 Å². The van der Waals surface area contributed by atoms with Gasteiger partial charge in [0.05, 0.1) is 0 Å². The number of carbonyl (C=O) groups is 1. The van der Waals surface area contributed by atoms with E-state index in [-0.39, 0.29) is 5.91 Å². The second-order valence-electron chi connectivity index (χ2n) is 3.71. The second kappa shape index (κ2) is 5.19. The van der Waals surface area contributed by atoms with Gasteiger partial charge in [-0.05, 0) is 26.6 Å². The number of amides is 1. The average molecular weight is 185 g/mol. The Kier molecular flexibility index (Phi) is 4.18. The summed E-state index contributed by atoms with van der Waals surface area (Å²) in [6.45, 7) is 5.23. The summed E-state index contributed by atoms with van der Waals surface area (Å²) in [7, 11) is 2.14. The van der Waals surface area contributed by atoms with E-state index in [1.807, 2.05) is 0 Å². The van der Waals surface area contributed by atoms with Crippen molar-refractivity contribution in [1.82, 2.24) is 9.80 Å². The molecule has 0 radical (unpaired) electrons. The number of hydrogen-bond acceptors (Lipinski definition) is 3. The minimum Gasteiger partial charge on any atom is -0.370 e. The van der Waals surface area contributed by atoms with Gasteiger partial charge in [-0.15, -0.1) is 0 Å². The van der Waals surface area contributed by atoms with Crippen molar-refractivity contribution in [3.05, 3.63) is 0 Å². The Morgan fingerprint density at radius 3 is 2.77 bits per heavy atom. The van der Waals surface area contributed by atoms with E-state index < -0.39 is 0 Å². The summed E-state index contributed by atoms with van der Waals surface area (Å²) in [5, 5.41) is 0. The van der Waals surface area contributed by atoms with Gasteiger partial charge in [0, 0.05) is 26.1 Å². The number of likely N-dealkylation sites (N-methyl/N-ethyl adjacent to an activating group) is 1. The Labute approximate surface area is 79.7 Å². The molecule has 1 amide bonds. The predicted molar refractivity (Wildman–Crippen MR) is 52.4 cm³/mol. The van der Waals surface area contributed by atoms with E-state index in [0.29, 0.717) is 6.42 Å². The van der Waals surface area contributed by atoms with Gasteiger partial charge in [0.15, 0.2) is 0 Å². The molecule has 1 aliphatic rings. The van der Waals surface area contributed by atoms with E-state index in [2.05, 4.69) is 16.8 Å². The van der Waals surface area contributed by atoms with Gasteiger partial charge in [-0.1, -0.05) is 0 Å². The highest BCUT2D eigenvalue weighted by atomic mass is 16.1. The summed E-state index contributed by atoms with van der Waals surface area (Å²) in [6, 6.07) is 0. The lowest BCUT2D eigenvalue weighted by atomic mass is 10.3. The van der Waals surface area contributed by atoms with Crippen molar-refractivity contribution < 1.29 is 4.79 Å². The van der Waals surface area contributed by atoms with Crippen molar-refractivity contribution in [2.24, 2.45) is 5.73 Å². The molecule has 13 heavy (non-hydrogen) atoms. The standard InChI is InChI=1S/C9H19N3O/c1-11-4-2-5-12(8-7-11)6-3-9(10)13/h2-8H2,1H3,(H2,10,13). The van der Waals surface area contributed by atoms with Crippen molar-refractivity contribution in [3.8, 4) is 0 Å². The largest absolute Gasteiger partial charge is 0.370 e. The van der Waals surface area contributed by atoms with Crippen molar-refractivity contribution in [2.75, 3.05) is 39.8 Å². The maximum absolute atomic E-state index is 10.6. The first kappa shape index (κ1) is 10.5. The molecule has 4 nitrogen and oxygen atoms in total. The first-order valence-electron chi connectivity index (χ1n) is 4.87. The van der Waals surface area contributed by atoms with Crippen LogP contribution in [-0.4, -0.2) is 55.5 Å². The second-order valence-corrected chi connectivity index (χ2v) is 3.71. The average Bonchev–Trinajstić information content (AvgIpc) is 2.27. The first-order chi connectivity index (χ1) is 6.18. The van der Waals surface area contributed by atoms with Crippen LogP contribution in [0.15, 0.2) is 0 Å². The number of nitrogens with two attached hydrogens (primary N) is 1. The quantitative estimate of drug-likeness (QED) is 0.645. The summed E-state index contributed by atoms with van der Waals surface area (Å²) in [5.41, 5.74) is 5.10. The summed E-state index contributed by atoms with van der Waals surface area (Å²) in [5.74, 6) is -0.197. The van der Waals surface area contributed by atoms with Crippen LogP contribution in [0, 0.1) is 0 Å². The molecular formula is C9H19N3O. The predicted octanol–water partition coefficient (Wildman–Crippen LogP) is -0.501. The molecule has 76 valence electrons. The van der Waals surface area contributed by atoms with Crippen molar-refractivity contribution in [2.45, 2.75) is 12.8 Å². The molecule has 0 atom stereocenters. The summed E-state index contributed by atoms with van der Waals surface area (Å²) in [4.78, 5) is 15.2. The minimum atomic E-state index is -0.197. The lowest BCUT2D eigenvalue weighted by Gasteiger charge is -2.18. The first-order valence-corrected chi connectivity index (χ1v) is 4.87. The molecule has 1 rings (SSSR count). The third-order valence-corrected chi connectivity index (χ3v) is 2.49. The van der Waals surface area contributed by atoms with Gasteiger partial charge in [-0.2, -0.15) is 0 Å². The zero-order valence-corrected chi connectivity index (χ0v) is 8.33. The Bertz CT molecular complexity index is 172. The monoisotopic (exact) mass is 185 g/mol. The van der Waals surface area contributed by atoms with Crippen LogP contribution in [0.1, 0.15) is 12.8 Å². The van der Waals surface area contributed by atoms with Crippen molar-refractivity contribution >= 4 is 5.91 Å². The number of rotatable bonds is 3. The van der Waals surface area contributed by atoms with Crippen LogP contribution >= 0.6 is 0 Å². The number of primary amides is 1. The van der Waals surface area contributed by atoms with Crippen molar-refractivity contribution in [1.29, 1.82) is 0 Å². The van der Waals surface area contributed by atoms with Crippen LogP contribution in [0.25, 0.3) is 0 Å². The van der Waals surface area contributed by atoms with E-state index in [4.69, 9.17) is 5.73 Å². The molecular weight excluding hydrogens is 166 g/mol. The molecule has 0 unspecified atom stereocenters. The van der Waals surface area contributed by atoms with Crippen LogP contribution in [0.5, 0.6) is 0 Å². The number of carbonyl (C=O) groups excluding carboxylic acids is 1. The maximum Gasteiger partial charge on any atom is 0.218 e. The molecule has 0 bridgehead atoms. The zero-order valence-electron chi connectivity index (χ0n) is 8.33. The van der Waals surface area contributed by atoms with E-state index in [9.17, 15) is 4.79 Å². The Morgan fingerprint density at radius 2 is 2.08 bits per heavy atom. The lowest BCUT2D eigenvalue weighted by Crippen LogP contribution is -2.31. The highest BCUT2D eigenvalue weighted by Gasteiger charge is 2.11. The van der Waals surface area contributed by atoms with Crippen LogP contribution < -0.4 is 5.73 Å². The molecule has 0 aliphatic carbocycles. The fourth-order valence-corrected chi connectivity index (χ4v) is 1.59. The lowest BCUT2D eigenvalue weighted by molar-refractivity contribution is -0.118. The minimum absolute atomic E-state index is 0.197. The zero-order chi connectivity index (χ0) is 9.68. The van der Waals surface area contributed by atoms with Crippen LogP contribution in [0.2, 0.25) is 0 Å².